The van der Waals surface area contributed by atoms with E-state index in [1.54, 1.807) is 0 Å². The number of hydrogen-bond donors (Lipinski definition) is 0. The van der Waals surface area contributed by atoms with Crippen molar-refractivity contribution >= 4 is 17.7 Å². The number of thioether (sulfide) groups is 1. The van der Waals surface area contributed by atoms with Crippen LogP contribution in [0.15, 0.2) is 29.2 Å². The van der Waals surface area contributed by atoms with Gasteiger partial charge in [-0.2, -0.15) is 0 Å². The van der Waals surface area contributed by atoms with Gasteiger partial charge < -0.3 is 9.64 Å². The lowest BCUT2D eigenvalue weighted by Gasteiger charge is -2.32. The number of piperidine rings is 1. The molecule has 4 heteroatoms. The zero-order valence-corrected chi connectivity index (χ0v) is 13.4. The average Bonchev–Trinajstić information content (AvgIpc) is 2.90. The summed E-state index contributed by atoms with van der Waals surface area (Å²) < 4.78 is 5.18. The second kappa shape index (κ2) is 6.84. The van der Waals surface area contributed by atoms with Crippen molar-refractivity contribution < 1.29 is 9.53 Å². The van der Waals surface area contributed by atoms with Crippen LogP contribution in [0.2, 0.25) is 0 Å². The molecule has 0 aromatic heterocycles. The first-order valence-corrected chi connectivity index (χ1v) is 8.77. The van der Waals surface area contributed by atoms with Gasteiger partial charge in [0, 0.05) is 23.2 Å². The minimum absolute atomic E-state index is 0.00967. The first-order chi connectivity index (χ1) is 10.3. The maximum absolute atomic E-state index is 11.9. The van der Waals surface area contributed by atoms with E-state index in [1.807, 2.05) is 18.7 Å². The molecule has 1 aromatic rings. The Kier molecular flexibility index (Phi) is 4.86. The summed E-state index contributed by atoms with van der Waals surface area (Å²) in [4.78, 5) is 15.8. The maximum Gasteiger partial charge on any atom is 0.310 e. The van der Waals surface area contributed by atoms with Gasteiger partial charge in [-0.1, -0.05) is 18.2 Å². The molecule has 0 saturated carbocycles. The van der Waals surface area contributed by atoms with Crippen LogP contribution in [-0.4, -0.2) is 42.4 Å². The molecule has 0 radical (unpaired) electrons. The van der Waals surface area contributed by atoms with Gasteiger partial charge in [0.1, 0.15) is 0 Å². The normalized spacial score (nSPS) is 25.6. The summed E-state index contributed by atoms with van der Waals surface area (Å²) in [7, 11) is 0. The second-order valence-corrected chi connectivity index (χ2v) is 7.24. The fraction of sp³-hybridized carbons (Fsp3) is 0.588. The Morgan fingerprint density at radius 2 is 2.29 bits per heavy atom. The van der Waals surface area contributed by atoms with Crippen molar-refractivity contribution in [1.29, 1.82) is 0 Å². The van der Waals surface area contributed by atoms with E-state index in [1.165, 1.54) is 10.5 Å². The predicted molar refractivity (Wildman–Crippen MR) is 85.6 cm³/mol. The van der Waals surface area contributed by atoms with Crippen molar-refractivity contribution in [2.24, 2.45) is 5.92 Å². The molecule has 0 bridgehead atoms. The zero-order valence-electron chi connectivity index (χ0n) is 12.6. The summed E-state index contributed by atoms with van der Waals surface area (Å²) in [5.74, 6) is 0.0667. The highest BCUT2D eigenvalue weighted by atomic mass is 32.2. The molecule has 2 aliphatic rings. The van der Waals surface area contributed by atoms with Gasteiger partial charge in [-0.15, -0.1) is 11.8 Å². The molecule has 1 fully saturated rings. The van der Waals surface area contributed by atoms with Crippen molar-refractivity contribution in [1.82, 2.24) is 4.90 Å². The molecule has 0 spiro atoms. The monoisotopic (exact) mass is 305 g/mol. The summed E-state index contributed by atoms with van der Waals surface area (Å²) >= 11 is 1.99. The van der Waals surface area contributed by atoms with E-state index in [9.17, 15) is 4.79 Å². The van der Waals surface area contributed by atoms with Crippen LogP contribution in [0.3, 0.4) is 0 Å². The Hall–Kier alpha value is -1.00. The lowest BCUT2D eigenvalue weighted by Crippen LogP contribution is -2.42. The Morgan fingerprint density at radius 1 is 1.43 bits per heavy atom. The van der Waals surface area contributed by atoms with Crippen molar-refractivity contribution in [2.45, 2.75) is 36.3 Å². The smallest absolute Gasteiger partial charge is 0.310 e. The van der Waals surface area contributed by atoms with E-state index < -0.39 is 0 Å². The van der Waals surface area contributed by atoms with E-state index in [0.29, 0.717) is 11.9 Å². The molecule has 0 N–H and O–H groups in total. The molecule has 3 rings (SSSR count). The number of hydrogen-bond acceptors (Lipinski definition) is 4. The largest absolute Gasteiger partial charge is 0.466 e. The lowest BCUT2D eigenvalue weighted by molar-refractivity contribution is -0.149. The van der Waals surface area contributed by atoms with Crippen LogP contribution < -0.4 is 0 Å². The van der Waals surface area contributed by atoms with Gasteiger partial charge in [-0.3, -0.25) is 4.79 Å². The minimum atomic E-state index is -0.00967. The number of ether oxygens (including phenoxy) is 1. The van der Waals surface area contributed by atoms with Gasteiger partial charge in [0.05, 0.1) is 12.5 Å². The van der Waals surface area contributed by atoms with Crippen LogP contribution in [-0.2, 0) is 16.0 Å². The van der Waals surface area contributed by atoms with Crippen LogP contribution in [0.4, 0.5) is 0 Å². The Balaban J connectivity index is 1.53. The van der Waals surface area contributed by atoms with Crippen LogP contribution in [0.25, 0.3) is 0 Å². The number of likely N-dealkylation sites (tertiary alicyclic amines) is 1. The third-order valence-electron chi connectivity index (χ3n) is 4.30. The van der Waals surface area contributed by atoms with Crippen LogP contribution in [0.5, 0.6) is 0 Å². The summed E-state index contributed by atoms with van der Waals surface area (Å²) in [5.41, 5.74) is 1.48. The minimum Gasteiger partial charge on any atom is -0.466 e. The summed E-state index contributed by atoms with van der Waals surface area (Å²) in [5, 5.41) is 0.628. The SMILES string of the molecule is CCOC(=O)[C@@H]1CCCN(CC2Cc3ccccc3S2)C1. The van der Waals surface area contributed by atoms with Crippen molar-refractivity contribution in [3.05, 3.63) is 29.8 Å². The lowest BCUT2D eigenvalue weighted by atomic mass is 9.98. The topological polar surface area (TPSA) is 29.5 Å². The fourth-order valence-corrected chi connectivity index (χ4v) is 4.68. The van der Waals surface area contributed by atoms with E-state index in [0.717, 1.165) is 38.9 Å². The Labute approximate surface area is 131 Å². The number of fused-ring (bicyclic) bond motifs is 1. The Bertz CT molecular complexity index is 480. The molecule has 2 aliphatic heterocycles. The van der Waals surface area contributed by atoms with Crippen LogP contribution >= 0.6 is 11.8 Å². The van der Waals surface area contributed by atoms with Gasteiger partial charge in [-0.05, 0) is 44.4 Å². The zero-order chi connectivity index (χ0) is 14.7. The molecule has 2 atom stereocenters. The number of nitrogens with zero attached hydrogens (tertiary/aromatic N) is 1. The number of carbonyl (C=O) groups is 1. The van der Waals surface area contributed by atoms with E-state index in [4.69, 9.17) is 4.74 Å². The molecule has 0 amide bonds. The fourth-order valence-electron chi connectivity index (χ4n) is 3.32. The molecule has 2 heterocycles. The molecular formula is C17H23NO2S. The number of rotatable bonds is 4. The third-order valence-corrected chi connectivity index (χ3v) is 5.60. The van der Waals surface area contributed by atoms with Gasteiger partial charge in [0.25, 0.3) is 0 Å². The average molecular weight is 305 g/mol. The highest BCUT2D eigenvalue weighted by molar-refractivity contribution is 8.00. The van der Waals surface area contributed by atoms with Crippen molar-refractivity contribution in [3.8, 4) is 0 Å². The van der Waals surface area contributed by atoms with E-state index >= 15 is 0 Å². The van der Waals surface area contributed by atoms with E-state index in [-0.39, 0.29) is 11.9 Å². The summed E-state index contributed by atoms with van der Waals surface area (Å²) in [6.07, 6.45) is 3.24. The maximum atomic E-state index is 11.9. The Morgan fingerprint density at radius 3 is 3.10 bits per heavy atom. The molecule has 1 aromatic carbocycles. The third kappa shape index (κ3) is 3.61. The summed E-state index contributed by atoms with van der Waals surface area (Å²) in [6.45, 7) is 5.43. The highest BCUT2D eigenvalue weighted by Crippen LogP contribution is 2.37. The molecule has 21 heavy (non-hydrogen) atoms. The molecular weight excluding hydrogens is 282 g/mol. The molecule has 1 saturated heterocycles. The molecule has 114 valence electrons. The van der Waals surface area contributed by atoms with Crippen LogP contribution in [0.1, 0.15) is 25.3 Å². The molecule has 0 aliphatic carbocycles. The second-order valence-electron chi connectivity index (χ2n) is 5.90. The van der Waals surface area contributed by atoms with E-state index in [2.05, 4.69) is 29.2 Å². The molecule has 3 nitrogen and oxygen atoms in total. The highest BCUT2D eigenvalue weighted by Gasteiger charge is 2.30. The standard InChI is InChI=1S/C17H23NO2S/c1-2-20-17(19)14-7-5-9-18(11-14)12-15-10-13-6-3-4-8-16(13)21-15/h3-4,6,8,14-15H,2,5,7,9-12H2,1H3/t14-,15?/m1/s1. The number of carbonyl (C=O) groups excluding carboxylic acids is 1. The first-order valence-electron chi connectivity index (χ1n) is 7.90. The van der Waals surface area contributed by atoms with Gasteiger partial charge in [0.15, 0.2) is 0 Å². The van der Waals surface area contributed by atoms with Gasteiger partial charge in [-0.25, -0.2) is 0 Å². The van der Waals surface area contributed by atoms with Crippen LogP contribution in [0, 0.1) is 5.92 Å². The van der Waals surface area contributed by atoms with Crippen molar-refractivity contribution in [3.63, 3.8) is 0 Å². The van der Waals surface area contributed by atoms with Gasteiger partial charge >= 0.3 is 5.97 Å². The first kappa shape index (κ1) is 14.9. The number of esters is 1. The quantitative estimate of drug-likeness (QED) is 0.800. The molecule has 1 unspecified atom stereocenters. The summed E-state index contributed by atoms with van der Waals surface area (Å²) in [6, 6.07) is 8.70. The van der Waals surface area contributed by atoms with Crippen molar-refractivity contribution in [2.75, 3.05) is 26.2 Å². The predicted octanol–water partition coefficient (Wildman–Crippen LogP) is 2.98. The number of benzene rings is 1. The van der Waals surface area contributed by atoms with Gasteiger partial charge in [0.2, 0.25) is 0 Å².